The van der Waals surface area contributed by atoms with E-state index in [0.717, 1.165) is 30.0 Å². The standard InChI is InChI=1S/C14H16N2OS2/c1-8-3-4-10-11(7-18-12(10)5-8)13(17)16-14-15-9(2)6-19-14/h6-8H,3-5H2,1-2H3,(H,15,16,17)/t8-/m1/s1. The molecule has 0 aromatic carbocycles. The van der Waals surface area contributed by atoms with E-state index >= 15 is 0 Å². The molecule has 2 aromatic heterocycles. The summed E-state index contributed by atoms with van der Waals surface area (Å²) in [7, 11) is 0. The molecule has 1 N–H and O–H groups in total. The molecule has 1 atom stereocenters. The van der Waals surface area contributed by atoms with Crippen molar-refractivity contribution >= 4 is 33.7 Å². The highest BCUT2D eigenvalue weighted by Gasteiger charge is 2.23. The van der Waals surface area contributed by atoms with Gasteiger partial charge in [0.25, 0.3) is 5.91 Å². The van der Waals surface area contributed by atoms with Crippen LogP contribution in [0.1, 0.15) is 39.8 Å². The fourth-order valence-corrected chi connectivity index (χ4v) is 4.37. The molecule has 2 heterocycles. The maximum Gasteiger partial charge on any atom is 0.258 e. The third-order valence-corrected chi connectivity index (χ3v) is 5.41. The van der Waals surface area contributed by atoms with Crippen LogP contribution < -0.4 is 5.32 Å². The number of aromatic nitrogens is 1. The molecule has 19 heavy (non-hydrogen) atoms. The van der Waals surface area contributed by atoms with E-state index in [4.69, 9.17) is 0 Å². The Morgan fingerprint density at radius 1 is 1.42 bits per heavy atom. The molecule has 0 saturated carbocycles. The van der Waals surface area contributed by atoms with E-state index in [9.17, 15) is 4.79 Å². The maximum absolute atomic E-state index is 12.3. The van der Waals surface area contributed by atoms with Crippen LogP contribution in [-0.2, 0) is 12.8 Å². The first-order valence-corrected chi connectivity index (χ1v) is 8.22. The van der Waals surface area contributed by atoms with E-state index in [2.05, 4.69) is 17.2 Å². The van der Waals surface area contributed by atoms with Crippen molar-refractivity contribution in [1.82, 2.24) is 4.98 Å². The van der Waals surface area contributed by atoms with Gasteiger partial charge in [0.15, 0.2) is 5.13 Å². The first kappa shape index (κ1) is 12.8. The molecule has 5 heteroatoms. The summed E-state index contributed by atoms with van der Waals surface area (Å²) in [6, 6.07) is 0. The summed E-state index contributed by atoms with van der Waals surface area (Å²) in [6.07, 6.45) is 3.32. The number of nitrogens with one attached hydrogen (secondary N) is 1. The SMILES string of the molecule is Cc1csc(NC(=O)c2csc3c2CC[C@@H](C)C3)n1. The molecule has 0 unspecified atom stereocenters. The highest BCUT2D eigenvalue weighted by Crippen LogP contribution is 2.33. The monoisotopic (exact) mass is 292 g/mol. The molecule has 0 fully saturated rings. The van der Waals surface area contributed by atoms with E-state index in [1.807, 2.05) is 17.7 Å². The van der Waals surface area contributed by atoms with Crippen molar-refractivity contribution in [2.24, 2.45) is 5.92 Å². The lowest BCUT2D eigenvalue weighted by Crippen LogP contribution is -2.16. The zero-order valence-electron chi connectivity index (χ0n) is 11.0. The first-order chi connectivity index (χ1) is 9.13. The Labute approximate surface area is 120 Å². The lowest BCUT2D eigenvalue weighted by Gasteiger charge is -2.18. The molecular formula is C14H16N2OS2. The van der Waals surface area contributed by atoms with E-state index in [-0.39, 0.29) is 5.91 Å². The molecule has 0 bridgehead atoms. The molecule has 100 valence electrons. The van der Waals surface area contributed by atoms with Gasteiger partial charge in [0, 0.05) is 15.6 Å². The molecule has 3 nitrogen and oxygen atoms in total. The van der Waals surface area contributed by atoms with Crippen LogP contribution in [0.3, 0.4) is 0 Å². The Kier molecular flexibility index (Phi) is 3.41. The normalized spacial score (nSPS) is 18.1. The minimum atomic E-state index is -0.0126. The summed E-state index contributed by atoms with van der Waals surface area (Å²) >= 11 is 3.20. The minimum absolute atomic E-state index is 0.0126. The number of rotatable bonds is 2. The summed E-state index contributed by atoms with van der Waals surface area (Å²) in [5, 5.41) is 7.53. The zero-order chi connectivity index (χ0) is 13.4. The van der Waals surface area contributed by atoms with Gasteiger partial charge in [-0.25, -0.2) is 4.98 Å². The van der Waals surface area contributed by atoms with Gasteiger partial charge in [0.2, 0.25) is 0 Å². The second kappa shape index (κ2) is 5.06. The molecule has 3 rings (SSSR count). The van der Waals surface area contributed by atoms with Gasteiger partial charge in [-0.15, -0.1) is 22.7 Å². The van der Waals surface area contributed by atoms with Gasteiger partial charge in [-0.05, 0) is 37.7 Å². The van der Waals surface area contributed by atoms with E-state index in [1.54, 1.807) is 11.3 Å². The molecule has 0 aliphatic heterocycles. The van der Waals surface area contributed by atoms with Crippen LogP contribution in [0.2, 0.25) is 0 Å². The largest absolute Gasteiger partial charge is 0.298 e. The number of nitrogens with zero attached hydrogens (tertiary/aromatic N) is 1. The van der Waals surface area contributed by atoms with Crippen molar-refractivity contribution in [1.29, 1.82) is 0 Å². The molecular weight excluding hydrogens is 276 g/mol. The predicted octanol–water partition coefficient (Wildman–Crippen LogP) is 3.89. The topological polar surface area (TPSA) is 42.0 Å². The van der Waals surface area contributed by atoms with Crippen molar-refractivity contribution in [2.75, 3.05) is 5.32 Å². The lowest BCUT2D eigenvalue weighted by molar-refractivity contribution is 0.102. The molecule has 1 amide bonds. The number of carbonyl (C=O) groups excluding carboxylic acids is 1. The fourth-order valence-electron chi connectivity index (χ4n) is 2.44. The zero-order valence-corrected chi connectivity index (χ0v) is 12.7. The maximum atomic E-state index is 12.3. The second-order valence-corrected chi connectivity index (χ2v) is 6.97. The minimum Gasteiger partial charge on any atom is -0.298 e. The number of fused-ring (bicyclic) bond motifs is 1. The van der Waals surface area contributed by atoms with Crippen LogP contribution in [0.4, 0.5) is 5.13 Å². The van der Waals surface area contributed by atoms with Crippen LogP contribution in [0.25, 0.3) is 0 Å². The van der Waals surface area contributed by atoms with Gasteiger partial charge < -0.3 is 0 Å². The Bertz CT molecular complexity index is 615. The van der Waals surface area contributed by atoms with Crippen molar-refractivity contribution in [2.45, 2.75) is 33.1 Å². The Hall–Kier alpha value is -1.20. The molecule has 1 aliphatic carbocycles. The molecule has 2 aromatic rings. The van der Waals surface area contributed by atoms with Crippen molar-refractivity contribution in [3.63, 3.8) is 0 Å². The smallest absolute Gasteiger partial charge is 0.258 e. The molecule has 0 saturated heterocycles. The van der Waals surface area contributed by atoms with Crippen LogP contribution >= 0.6 is 22.7 Å². The quantitative estimate of drug-likeness (QED) is 0.912. The number of hydrogen-bond acceptors (Lipinski definition) is 4. The number of anilines is 1. The molecule has 1 aliphatic rings. The summed E-state index contributed by atoms with van der Waals surface area (Å²) in [4.78, 5) is 18.0. The summed E-state index contributed by atoms with van der Waals surface area (Å²) < 4.78 is 0. The number of thiophene rings is 1. The van der Waals surface area contributed by atoms with Gasteiger partial charge in [0.05, 0.1) is 11.3 Å². The van der Waals surface area contributed by atoms with Crippen LogP contribution in [0.5, 0.6) is 0 Å². The van der Waals surface area contributed by atoms with Gasteiger partial charge in [0.1, 0.15) is 0 Å². The Morgan fingerprint density at radius 2 is 2.26 bits per heavy atom. The van der Waals surface area contributed by atoms with Crippen LogP contribution in [0, 0.1) is 12.8 Å². The average Bonchev–Trinajstić information content (AvgIpc) is 2.95. The van der Waals surface area contributed by atoms with E-state index in [0.29, 0.717) is 5.13 Å². The van der Waals surface area contributed by atoms with Crippen molar-refractivity contribution in [3.05, 3.63) is 32.5 Å². The average molecular weight is 292 g/mol. The number of thiazole rings is 1. The number of hydrogen-bond donors (Lipinski definition) is 1. The number of aryl methyl sites for hydroxylation is 1. The van der Waals surface area contributed by atoms with E-state index < -0.39 is 0 Å². The third-order valence-electron chi connectivity index (χ3n) is 3.49. The third kappa shape index (κ3) is 2.58. The molecule has 0 radical (unpaired) electrons. The summed E-state index contributed by atoms with van der Waals surface area (Å²) in [5.41, 5.74) is 3.05. The van der Waals surface area contributed by atoms with Gasteiger partial charge >= 0.3 is 0 Å². The first-order valence-electron chi connectivity index (χ1n) is 6.46. The van der Waals surface area contributed by atoms with Crippen LogP contribution in [-0.4, -0.2) is 10.9 Å². The van der Waals surface area contributed by atoms with Crippen molar-refractivity contribution in [3.8, 4) is 0 Å². The van der Waals surface area contributed by atoms with Crippen LogP contribution in [0.15, 0.2) is 10.8 Å². The second-order valence-electron chi connectivity index (χ2n) is 5.15. The van der Waals surface area contributed by atoms with Gasteiger partial charge in [-0.3, -0.25) is 10.1 Å². The lowest BCUT2D eigenvalue weighted by atomic mass is 9.88. The number of amides is 1. The Morgan fingerprint density at radius 3 is 3.00 bits per heavy atom. The number of carbonyl (C=O) groups is 1. The predicted molar refractivity (Wildman–Crippen MR) is 80.3 cm³/mol. The van der Waals surface area contributed by atoms with E-state index in [1.165, 1.54) is 28.2 Å². The Balaban J connectivity index is 1.81. The molecule has 0 spiro atoms. The van der Waals surface area contributed by atoms with Gasteiger partial charge in [-0.2, -0.15) is 0 Å². The fraction of sp³-hybridized carbons (Fsp3) is 0.429. The van der Waals surface area contributed by atoms with Crippen molar-refractivity contribution < 1.29 is 4.79 Å². The highest BCUT2D eigenvalue weighted by atomic mass is 32.1. The van der Waals surface area contributed by atoms with Gasteiger partial charge in [-0.1, -0.05) is 6.92 Å². The summed E-state index contributed by atoms with van der Waals surface area (Å²) in [6.45, 7) is 4.21. The summed E-state index contributed by atoms with van der Waals surface area (Å²) in [5.74, 6) is 0.727. The highest BCUT2D eigenvalue weighted by molar-refractivity contribution is 7.14.